The number of rotatable bonds is 4. The quantitative estimate of drug-likeness (QED) is 0.885. The van der Waals surface area contributed by atoms with Gasteiger partial charge in [-0.15, -0.1) is 0 Å². The Morgan fingerprint density at radius 3 is 2.94 bits per heavy atom. The van der Waals surface area contributed by atoms with Crippen molar-refractivity contribution < 1.29 is 0 Å². The monoisotopic (exact) mass is 248 g/mol. The predicted molar refractivity (Wildman–Crippen MR) is 72.2 cm³/mol. The van der Waals surface area contributed by atoms with E-state index in [0.717, 1.165) is 25.4 Å². The van der Waals surface area contributed by atoms with Crippen molar-refractivity contribution >= 4 is 0 Å². The number of aryl methyl sites for hydroxylation is 1. The second-order valence-corrected chi connectivity index (χ2v) is 5.76. The molecule has 0 radical (unpaired) electrons. The summed E-state index contributed by atoms with van der Waals surface area (Å²) in [6.07, 6.45) is 10.5. The molecule has 1 aliphatic heterocycles. The molecule has 1 saturated carbocycles. The van der Waals surface area contributed by atoms with E-state index in [0.29, 0.717) is 6.04 Å². The summed E-state index contributed by atoms with van der Waals surface area (Å²) in [6, 6.07) is 1.46. The summed E-state index contributed by atoms with van der Waals surface area (Å²) in [6.45, 7) is 4.40. The van der Waals surface area contributed by atoms with Gasteiger partial charge in [0, 0.05) is 30.4 Å². The molecule has 2 atom stereocenters. The Morgan fingerprint density at radius 2 is 2.22 bits per heavy atom. The van der Waals surface area contributed by atoms with Crippen molar-refractivity contribution in [3.63, 3.8) is 0 Å². The topological polar surface area (TPSA) is 47.1 Å². The van der Waals surface area contributed by atoms with Crippen LogP contribution in [0.3, 0.4) is 0 Å². The Kier molecular flexibility index (Phi) is 3.39. The van der Waals surface area contributed by atoms with Crippen LogP contribution in [0.25, 0.3) is 0 Å². The first-order valence-corrected chi connectivity index (χ1v) is 7.33. The molecule has 1 aliphatic carbocycles. The fourth-order valence-electron chi connectivity index (χ4n) is 3.19. The van der Waals surface area contributed by atoms with Gasteiger partial charge in [-0.3, -0.25) is 9.58 Å². The van der Waals surface area contributed by atoms with Gasteiger partial charge in [0.1, 0.15) is 0 Å². The third kappa shape index (κ3) is 2.31. The lowest BCUT2D eigenvalue weighted by Crippen LogP contribution is -2.46. The third-order valence-electron chi connectivity index (χ3n) is 4.18. The number of nitrogens with two attached hydrogens (primary N) is 1. The smallest absolute Gasteiger partial charge is 0.0538 e. The van der Waals surface area contributed by atoms with E-state index in [1.54, 1.807) is 0 Å². The summed E-state index contributed by atoms with van der Waals surface area (Å²) in [5.74, 6) is 0. The predicted octanol–water partition coefficient (Wildman–Crippen LogP) is 1.92. The van der Waals surface area contributed by atoms with Gasteiger partial charge >= 0.3 is 0 Å². The highest BCUT2D eigenvalue weighted by Gasteiger charge is 2.39. The Hall–Kier alpha value is -0.870. The van der Waals surface area contributed by atoms with Gasteiger partial charge in [-0.05, 0) is 38.6 Å². The molecule has 1 aromatic rings. The Balaban J connectivity index is 1.80. The lowest BCUT2D eigenvalue weighted by Gasteiger charge is -2.39. The van der Waals surface area contributed by atoms with Crippen molar-refractivity contribution in [3.8, 4) is 0 Å². The van der Waals surface area contributed by atoms with E-state index in [2.05, 4.69) is 27.8 Å². The van der Waals surface area contributed by atoms with Gasteiger partial charge in [-0.2, -0.15) is 5.10 Å². The van der Waals surface area contributed by atoms with E-state index in [1.165, 1.54) is 31.4 Å². The summed E-state index contributed by atoms with van der Waals surface area (Å²) in [7, 11) is 0. The summed E-state index contributed by atoms with van der Waals surface area (Å²) < 4.78 is 2.06. The lowest BCUT2D eigenvalue weighted by atomic mass is 9.92. The van der Waals surface area contributed by atoms with E-state index < -0.39 is 0 Å². The molecule has 1 saturated heterocycles. The Morgan fingerprint density at radius 1 is 1.39 bits per heavy atom. The molecule has 2 N–H and O–H groups in total. The van der Waals surface area contributed by atoms with Crippen LogP contribution in [0.4, 0.5) is 0 Å². The number of aromatic nitrogens is 2. The fourth-order valence-corrected chi connectivity index (χ4v) is 3.19. The van der Waals surface area contributed by atoms with Crippen LogP contribution in [0.2, 0.25) is 0 Å². The van der Waals surface area contributed by atoms with Gasteiger partial charge in [0.2, 0.25) is 0 Å². The number of hydrogen-bond donors (Lipinski definition) is 1. The van der Waals surface area contributed by atoms with E-state index in [4.69, 9.17) is 5.73 Å². The molecule has 2 heterocycles. The molecule has 2 fully saturated rings. The van der Waals surface area contributed by atoms with Crippen LogP contribution in [0.15, 0.2) is 12.4 Å². The van der Waals surface area contributed by atoms with Gasteiger partial charge in [0.15, 0.2) is 0 Å². The second-order valence-electron chi connectivity index (χ2n) is 5.76. The molecule has 4 nitrogen and oxygen atoms in total. The third-order valence-corrected chi connectivity index (χ3v) is 4.18. The Bertz CT molecular complexity index is 396. The van der Waals surface area contributed by atoms with Crippen molar-refractivity contribution in [3.05, 3.63) is 18.0 Å². The SMILES string of the molecule is CCCn1cc(C2C(N)CCCN2C2CC2)cn1. The molecule has 0 bridgehead atoms. The number of hydrogen-bond acceptors (Lipinski definition) is 3. The molecule has 3 rings (SSSR count). The lowest BCUT2D eigenvalue weighted by molar-refractivity contribution is 0.120. The fraction of sp³-hybridized carbons (Fsp3) is 0.786. The molecular formula is C14H24N4. The molecule has 0 aromatic carbocycles. The molecule has 2 aliphatic rings. The first-order valence-electron chi connectivity index (χ1n) is 7.33. The molecule has 2 unspecified atom stereocenters. The largest absolute Gasteiger partial charge is 0.326 e. The molecule has 0 spiro atoms. The first kappa shape index (κ1) is 12.2. The van der Waals surface area contributed by atoms with Crippen LogP contribution < -0.4 is 5.73 Å². The highest BCUT2D eigenvalue weighted by atomic mass is 15.3. The summed E-state index contributed by atoms with van der Waals surface area (Å²) in [4.78, 5) is 2.63. The Labute approximate surface area is 109 Å². The highest BCUT2D eigenvalue weighted by molar-refractivity contribution is 5.16. The van der Waals surface area contributed by atoms with E-state index in [-0.39, 0.29) is 6.04 Å². The normalized spacial score (nSPS) is 29.7. The minimum atomic E-state index is 0.277. The highest BCUT2D eigenvalue weighted by Crippen LogP contribution is 2.39. The van der Waals surface area contributed by atoms with E-state index in [1.807, 2.05) is 6.20 Å². The minimum Gasteiger partial charge on any atom is -0.326 e. The van der Waals surface area contributed by atoms with Crippen molar-refractivity contribution in [2.75, 3.05) is 6.54 Å². The van der Waals surface area contributed by atoms with Crippen molar-refractivity contribution in [1.82, 2.24) is 14.7 Å². The number of nitrogens with zero attached hydrogens (tertiary/aromatic N) is 3. The van der Waals surface area contributed by atoms with Crippen LogP contribution in [-0.2, 0) is 6.54 Å². The molecule has 4 heteroatoms. The van der Waals surface area contributed by atoms with Crippen LogP contribution in [0, 0.1) is 0 Å². The summed E-state index contributed by atoms with van der Waals surface area (Å²) in [5, 5.41) is 4.46. The molecule has 100 valence electrons. The molecule has 1 aromatic heterocycles. The summed E-state index contributed by atoms with van der Waals surface area (Å²) >= 11 is 0. The van der Waals surface area contributed by atoms with E-state index in [9.17, 15) is 0 Å². The molecular weight excluding hydrogens is 224 g/mol. The number of piperidine rings is 1. The zero-order valence-corrected chi connectivity index (χ0v) is 11.3. The average molecular weight is 248 g/mol. The maximum atomic E-state index is 6.37. The van der Waals surface area contributed by atoms with Crippen LogP contribution in [0.5, 0.6) is 0 Å². The second kappa shape index (κ2) is 5.02. The van der Waals surface area contributed by atoms with E-state index >= 15 is 0 Å². The first-order chi connectivity index (χ1) is 8.79. The maximum absolute atomic E-state index is 6.37. The minimum absolute atomic E-state index is 0.277. The van der Waals surface area contributed by atoms with Gasteiger partial charge in [0.05, 0.1) is 12.2 Å². The summed E-state index contributed by atoms with van der Waals surface area (Å²) in [5.41, 5.74) is 7.69. The van der Waals surface area contributed by atoms with Crippen molar-refractivity contribution in [1.29, 1.82) is 0 Å². The zero-order valence-electron chi connectivity index (χ0n) is 11.3. The molecule has 18 heavy (non-hydrogen) atoms. The maximum Gasteiger partial charge on any atom is 0.0538 e. The van der Waals surface area contributed by atoms with Crippen LogP contribution >= 0.6 is 0 Å². The van der Waals surface area contributed by atoms with Gasteiger partial charge in [-0.1, -0.05) is 6.92 Å². The zero-order chi connectivity index (χ0) is 12.5. The molecule has 0 amide bonds. The van der Waals surface area contributed by atoms with Gasteiger partial charge in [0.25, 0.3) is 0 Å². The van der Waals surface area contributed by atoms with Crippen LogP contribution in [0.1, 0.15) is 50.6 Å². The van der Waals surface area contributed by atoms with Crippen molar-refractivity contribution in [2.24, 2.45) is 5.73 Å². The average Bonchev–Trinajstić information content (AvgIpc) is 3.11. The van der Waals surface area contributed by atoms with Gasteiger partial charge in [-0.25, -0.2) is 0 Å². The number of likely N-dealkylation sites (tertiary alicyclic amines) is 1. The standard InChI is InChI=1S/C14H24N4/c1-2-7-17-10-11(9-16-17)14-13(15)4-3-8-18(14)12-5-6-12/h9-10,12-14H,2-8,15H2,1H3. The van der Waals surface area contributed by atoms with Gasteiger partial charge < -0.3 is 5.73 Å². The van der Waals surface area contributed by atoms with Crippen molar-refractivity contribution in [2.45, 2.75) is 63.7 Å². The van der Waals surface area contributed by atoms with Crippen LogP contribution in [-0.4, -0.2) is 33.3 Å².